The lowest BCUT2D eigenvalue weighted by Crippen LogP contribution is -2.14. The highest BCUT2D eigenvalue weighted by atomic mass is 16.5. The minimum atomic E-state index is -0.472. The van der Waals surface area contributed by atoms with Gasteiger partial charge in [0.25, 0.3) is 11.8 Å². The van der Waals surface area contributed by atoms with E-state index in [1.54, 1.807) is 60.7 Å². The standard InChI is InChI=1S/C24H22N2O6/c1-15(27)32-20-9-4-6-16(12-20)23(28)25-18-7-5-8-19(14-18)26-24(29)17-10-11-21(30-2)22(13-17)31-3/h4-14H,1-3H3,(H,25,28)(H,26,29). The van der Waals surface area contributed by atoms with Crippen molar-refractivity contribution in [2.75, 3.05) is 24.9 Å². The molecule has 0 atom stereocenters. The van der Waals surface area contributed by atoms with Gasteiger partial charge in [-0.15, -0.1) is 0 Å². The van der Waals surface area contributed by atoms with Gasteiger partial charge in [-0.25, -0.2) is 0 Å². The van der Waals surface area contributed by atoms with Gasteiger partial charge in [0.05, 0.1) is 14.2 Å². The average Bonchev–Trinajstić information content (AvgIpc) is 2.78. The summed E-state index contributed by atoms with van der Waals surface area (Å²) in [5, 5.41) is 5.55. The van der Waals surface area contributed by atoms with E-state index in [9.17, 15) is 14.4 Å². The van der Waals surface area contributed by atoms with Gasteiger partial charge < -0.3 is 24.8 Å². The molecule has 2 amide bonds. The van der Waals surface area contributed by atoms with Crippen molar-refractivity contribution < 1.29 is 28.6 Å². The van der Waals surface area contributed by atoms with Crippen LogP contribution in [0.5, 0.6) is 17.2 Å². The van der Waals surface area contributed by atoms with Crippen LogP contribution >= 0.6 is 0 Å². The van der Waals surface area contributed by atoms with E-state index in [1.807, 2.05) is 0 Å². The van der Waals surface area contributed by atoms with E-state index in [2.05, 4.69) is 10.6 Å². The van der Waals surface area contributed by atoms with Gasteiger partial charge in [0, 0.05) is 29.4 Å². The van der Waals surface area contributed by atoms with Crippen molar-refractivity contribution in [1.29, 1.82) is 0 Å². The highest BCUT2D eigenvalue weighted by molar-refractivity contribution is 6.06. The van der Waals surface area contributed by atoms with E-state index in [0.717, 1.165) is 0 Å². The molecule has 3 aromatic carbocycles. The normalized spacial score (nSPS) is 10.1. The van der Waals surface area contributed by atoms with Crippen molar-refractivity contribution in [3.63, 3.8) is 0 Å². The fraction of sp³-hybridized carbons (Fsp3) is 0.125. The molecule has 3 rings (SSSR count). The Hall–Kier alpha value is -4.33. The maximum Gasteiger partial charge on any atom is 0.308 e. The third-order valence-electron chi connectivity index (χ3n) is 4.38. The van der Waals surface area contributed by atoms with Crippen molar-refractivity contribution in [2.45, 2.75) is 6.92 Å². The summed E-state index contributed by atoms with van der Waals surface area (Å²) in [6.07, 6.45) is 0. The molecule has 0 heterocycles. The summed E-state index contributed by atoms with van der Waals surface area (Å²) in [7, 11) is 3.01. The average molecular weight is 434 g/mol. The third-order valence-corrected chi connectivity index (χ3v) is 4.38. The number of rotatable bonds is 7. The summed E-state index contributed by atoms with van der Waals surface area (Å²) in [5.74, 6) is 0.0381. The van der Waals surface area contributed by atoms with Gasteiger partial charge in [0.15, 0.2) is 11.5 Å². The first kappa shape index (κ1) is 22.4. The van der Waals surface area contributed by atoms with Crippen LogP contribution in [0.3, 0.4) is 0 Å². The molecule has 3 aromatic rings. The van der Waals surface area contributed by atoms with Gasteiger partial charge in [-0.3, -0.25) is 14.4 Å². The van der Waals surface area contributed by atoms with Crippen LogP contribution < -0.4 is 24.8 Å². The number of amides is 2. The van der Waals surface area contributed by atoms with Crippen molar-refractivity contribution in [3.8, 4) is 17.2 Å². The molecule has 0 bridgehead atoms. The van der Waals surface area contributed by atoms with Gasteiger partial charge in [0.1, 0.15) is 5.75 Å². The van der Waals surface area contributed by atoms with Gasteiger partial charge >= 0.3 is 5.97 Å². The van der Waals surface area contributed by atoms with E-state index in [0.29, 0.717) is 34.0 Å². The second-order valence-electron chi connectivity index (χ2n) is 6.68. The maximum atomic E-state index is 12.6. The smallest absolute Gasteiger partial charge is 0.308 e. The monoisotopic (exact) mass is 434 g/mol. The largest absolute Gasteiger partial charge is 0.493 e. The molecule has 0 saturated carbocycles. The Kier molecular flexibility index (Phi) is 7.07. The highest BCUT2D eigenvalue weighted by Gasteiger charge is 2.12. The number of hydrogen-bond acceptors (Lipinski definition) is 6. The Morgan fingerprint density at radius 3 is 1.88 bits per heavy atom. The Bertz CT molecular complexity index is 1160. The van der Waals surface area contributed by atoms with Crippen molar-refractivity contribution in [3.05, 3.63) is 77.9 Å². The van der Waals surface area contributed by atoms with Crippen LogP contribution in [0.1, 0.15) is 27.6 Å². The lowest BCUT2D eigenvalue weighted by atomic mass is 10.1. The van der Waals surface area contributed by atoms with Gasteiger partial charge in [-0.2, -0.15) is 0 Å². The quantitative estimate of drug-likeness (QED) is 0.428. The molecule has 0 unspecified atom stereocenters. The molecule has 0 aliphatic carbocycles. The molecule has 164 valence electrons. The van der Waals surface area contributed by atoms with E-state index in [4.69, 9.17) is 14.2 Å². The minimum absolute atomic E-state index is 0.279. The summed E-state index contributed by atoms with van der Waals surface area (Å²) in [6.45, 7) is 1.29. The number of benzene rings is 3. The molecule has 32 heavy (non-hydrogen) atoms. The number of esters is 1. The fourth-order valence-electron chi connectivity index (χ4n) is 2.93. The first-order valence-corrected chi connectivity index (χ1v) is 9.63. The summed E-state index contributed by atoms with van der Waals surface area (Å²) in [5.41, 5.74) is 1.69. The molecular weight excluding hydrogens is 412 g/mol. The zero-order valence-electron chi connectivity index (χ0n) is 17.8. The topological polar surface area (TPSA) is 103 Å². The SMILES string of the molecule is COc1ccc(C(=O)Nc2cccc(NC(=O)c3cccc(OC(C)=O)c3)c2)cc1OC. The number of nitrogens with one attached hydrogen (secondary N) is 2. The molecule has 0 aliphatic heterocycles. The summed E-state index contributed by atoms with van der Waals surface area (Å²) < 4.78 is 15.4. The van der Waals surface area contributed by atoms with E-state index in [1.165, 1.54) is 27.2 Å². The first-order chi connectivity index (χ1) is 15.4. The molecule has 0 aromatic heterocycles. The van der Waals surface area contributed by atoms with Crippen molar-refractivity contribution in [2.24, 2.45) is 0 Å². The number of anilines is 2. The van der Waals surface area contributed by atoms with Gasteiger partial charge in [0.2, 0.25) is 0 Å². The number of methoxy groups -OCH3 is 2. The Morgan fingerprint density at radius 1 is 0.688 bits per heavy atom. The van der Waals surface area contributed by atoms with Crippen LogP contribution in [0.25, 0.3) is 0 Å². The number of ether oxygens (including phenoxy) is 3. The predicted molar refractivity (Wildman–Crippen MR) is 120 cm³/mol. The summed E-state index contributed by atoms with van der Waals surface area (Å²) >= 11 is 0. The molecule has 8 heteroatoms. The Balaban J connectivity index is 1.71. The van der Waals surface area contributed by atoms with Crippen LogP contribution in [0.4, 0.5) is 11.4 Å². The number of carbonyl (C=O) groups excluding carboxylic acids is 3. The van der Waals surface area contributed by atoms with Crippen LogP contribution in [-0.4, -0.2) is 32.0 Å². The molecule has 8 nitrogen and oxygen atoms in total. The zero-order chi connectivity index (χ0) is 23.1. The van der Waals surface area contributed by atoms with Crippen LogP contribution in [-0.2, 0) is 4.79 Å². The molecule has 0 saturated heterocycles. The Morgan fingerprint density at radius 2 is 1.28 bits per heavy atom. The Labute approximate surface area is 185 Å². The fourth-order valence-corrected chi connectivity index (χ4v) is 2.93. The van der Waals surface area contributed by atoms with E-state index in [-0.39, 0.29) is 17.6 Å². The predicted octanol–water partition coefficient (Wildman–Crippen LogP) is 4.13. The molecule has 0 fully saturated rings. The third kappa shape index (κ3) is 5.63. The molecule has 2 N–H and O–H groups in total. The second-order valence-corrected chi connectivity index (χ2v) is 6.68. The second kappa shape index (κ2) is 10.1. The van der Waals surface area contributed by atoms with Crippen molar-refractivity contribution in [1.82, 2.24) is 0 Å². The van der Waals surface area contributed by atoms with Crippen LogP contribution in [0.2, 0.25) is 0 Å². The van der Waals surface area contributed by atoms with Crippen LogP contribution in [0.15, 0.2) is 66.7 Å². The summed E-state index contributed by atoms with van der Waals surface area (Å²) in [4.78, 5) is 36.3. The molecular formula is C24H22N2O6. The van der Waals surface area contributed by atoms with Gasteiger partial charge in [-0.05, 0) is 54.6 Å². The van der Waals surface area contributed by atoms with E-state index >= 15 is 0 Å². The van der Waals surface area contributed by atoms with Crippen molar-refractivity contribution >= 4 is 29.2 Å². The lowest BCUT2D eigenvalue weighted by molar-refractivity contribution is -0.131. The highest BCUT2D eigenvalue weighted by Crippen LogP contribution is 2.28. The molecule has 0 spiro atoms. The number of hydrogen-bond donors (Lipinski definition) is 2. The van der Waals surface area contributed by atoms with E-state index < -0.39 is 5.97 Å². The first-order valence-electron chi connectivity index (χ1n) is 9.63. The lowest BCUT2D eigenvalue weighted by Gasteiger charge is -2.11. The maximum absolute atomic E-state index is 12.6. The minimum Gasteiger partial charge on any atom is -0.493 e. The summed E-state index contributed by atoms with van der Waals surface area (Å²) in [6, 6.07) is 17.9. The zero-order valence-corrected chi connectivity index (χ0v) is 17.8. The molecule has 0 aliphatic rings. The molecule has 0 radical (unpaired) electrons. The van der Waals surface area contributed by atoms with Gasteiger partial charge in [-0.1, -0.05) is 12.1 Å². The van der Waals surface area contributed by atoms with Crippen LogP contribution in [0, 0.1) is 0 Å². The number of carbonyl (C=O) groups is 3.